The molecule has 16 heavy (non-hydrogen) atoms. The molecule has 0 bridgehead atoms. The van der Waals surface area contributed by atoms with Crippen molar-refractivity contribution >= 4 is 11.9 Å². The van der Waals surface area contributed by atoms with E-state index >= 15 is 0 Å². The van der Waals surface area contributed by atoms with Gasteiger partial charge in [-0.3, -0.25) is 9.59 Å². The van der Waals surface area contributed by atoms with Crippen molar-refractivity contribution in [3.8, 4) is 0 Å². The molecular weight excluding hydrogens is 212 g/mol. The van der Waals surface area contributed by atoms with Gasteiger partial charge in [-0.05, 0) is 18.8 Å². The van der Waals surface area contributed by atoms with Gasteiger partial charge in [0.15, 0.2) is 0 Å². The summed E-state index contributed by atoms with van der Waals surface area (Å²) < 4.78 is 4.78. The average molecular weight is 230 g/mol. The Bertz CT molecular complexity index is 266. The maximum atomic E-state index is 11.8. The highest BCUT2D eigenvalue weighted by Crippen LogP contribution is 2.29. The smallest absolute Gasteiger partial charge is 0.323 e. The first-order valence-corrected chi connectivity index (χ1v) is 5.29. The molecule has 1 fully saturated rings. The van der Waals surface area contributed by atoms with Crippen LogP contribution in [-0.4, -0.2) is 54.7 Å². The van der Waals surface area contributed by atoms with Crippen molar-refractivity contribution in [2.45, 2.75) is 18.9 Å². The largest absolute Gasteiger partial charge is 0.480 e. The molecule has 0 spiro atoms. The Hall–Kier alpha value is -1.14. The third kappa shape index (κ3) is 4.16. The summed E-state index contributed by atoms with van der Waals surface area (Å²) in [6.45, 7) is 0.314. The van der Waals surface area contributed by atoms with Crippen LogP contribution in [-0.2, 0) is 14.3 Å². The Morgan fingerprint density at radius 2 is 2.19 bits per heavy atom. The fourth-order valence-electron chi connectivity index (χ4n) is 1.49. The van der Waals surface area contributed by atoms with Crippen LogP contribution in [0.1, 0.15) is 12.8 Å². The van der Waals surface area contributed by atoms with Crippen LogP contribution in [0.2, 0.25) is 0 Å². The van der Waals surface area contributed by atoms with Crippen molar-refractivity contribution in [1.82, 2.24) is 4.90 Å². The Balaban J connectivity index is 2.51. The van der Waals surface area contributed by atoms with E-state index in [4.69, 9.17) is 15.6 Å². The van der Waals surface area contributed by atoms with Gasteiger partial charge >= 0.3 is 5.97 Å². The lowest BCUT2D eigenvalue weighted by Crippen LogP contribution is -2.48. The van der Waals surface area contributed by atoms with Crippen molar-refractivity contribution in [1.29, 1.82) is 0 Å². The number of amides is 1. The zero-order valence-electron chi connectivity index (χ0n) is 9.39. The quantitative estimate of drug-likeness (QED) is 0.602. The summed E-state index contributed by atoms with van der Waals surface area (Å²) in [5, 5.41) is 8.71. The summed E-state index contributed by atoms with van der Waals surface area (Å²) in [7, 11) is 1.45. The van der Waals surface area contributed by atoms with Crippen LogP contribution < -0.4 is 5.73 Å². The summed E-state index contributed by atoms with van der Waals surface area (Å²) in [4.78, 5) is 23.7. The van der Waals surface area contributed by atoms with Crippen LogP contribution in [0.5, 0.6) is 0 Å². The number of ether oxygens (including phenoxy) is 1. The van der Waals surface area contributed by atoms with Crippen LogP contribution >= 0.6 is 0 Å². The summed E-state index contributed by atoms with van der Waals surface area (Å²) >= 11 is 0. The predicted molar refractivity (Wildman–Crippen MR) is 56.8 cm³/mol. The minimum atomic E-state index is -1.02. The van der Waals surface area contributed by atoms with Gasteiger partial charge in [0.1, 0.15) is 12.6 Å². The maximum absolute atomic E-state index is 11.8. The summed E-state index contributed by atoms with van der Waals surface area (Å²) in [6, 6.07) is -0.775. The Morgan fingerprint density at radius 3 is 2.62 bits per heavy atom. The highest BCUT2D eigenvalue weighted by atomic mass is 16.5. The molecule has 0 aromatic carbocycles. The number of methoxy groups -OCH3 is 1. The molecule has 6 heteroatoms. The van der Waals surface area contributed by atoms with Gasteiger partial charge in [-0.25, -0.2) is 0 Å². The third-order valence-electron chi connectivity index (χ3n) is 2.48. The Labute approximate surface area is 94.3 Å². The van der Waals surface area contributed by atoms with Gasteiger partial charge in [0.25, 0.3) is 0 Å². The molecule has 1 saturated carbocycles. The lowest BCUT2D eigenvalue weighted by molar-refractivity contribution is -0.145. The van der Waals surface area contributed by atoms with E-state index in [1.807, 2.05) is 0 Å². The second kappa shape index (κ2) is 5.81. The Kier molecular flexibility index (Phi) is 4.70. The predicted octanol–water partition coefficient (Wildman–Crippen LogP) is -0.717. The number of nitrogens with zero attached hydrogens (tertiary/aromatic N) is 1. The first-order valence-electron chi connectivity index (χ1n) is 5.29. The molecule has 1 aliphatic rings. The number of rotatable bonds is 7. The fourth-order valence-corrected chi connectivity index (χ4v) is 1.49. The van der Waals surface area contributed by atoms with E-state index in [0.717, 1.165) is 12.8 Å². The lowest BCUT2D eigenvalue weighted by Gasteiger charge is -2.23. The topological polar surface area (TPSA) is 92.9 Å². The average Bonchev–Trinajstić information content (AvgIpc) is 2.99. The van der Waals surface area contributed by atoms with E-state index < -0.39 is 12.0 Å². The number of carboxylic acid groups (broad SMARTS) is 1. The van der Waals surface area contributed by atoms with Crippen LogP contribution in [0.3, 0.4) is 0 Å². The second-order valence-electron chi connectivity index (χ2n) is 4.12. The lowest BCUT2D eigenvalue weighted by atomic mass is 10.2. The molecule has 0 aromatic rings. The Morgan fingerprint density at radius 1 is 1.56 bits per heavy atom. The molecule has 0 aliphatic heterocycles. The van der Waals surface area contributed by atoms with Gasteiger partial charge in [0.05, 0.1) is 6.61 Å². The van der Waals surface area contributed by atoms with E-state index in [1.54, 1.807) is 0 Å². The number of carbonyl (C=O) groups excluding carboxylic acids is 1. The number of carbonyl (C=O) groups is 2. The fraction of sp³-hybridized carbons (Fsp3) is 0.800. The van der Waals surface area contributed by atoms with Gasteiger partial charge in [-0.2, -0.15) is 0 Å². The SMILES string of the molecule is COCC(N)C(=O)N(CC(=O)O)CC1CC1. The maximum Gasteiger partial charge on any atom is 0.323 e. The van der Waals surface area contributed by atoms with E-state index in [0.29, 0.717) is 12.5 Å². The van der Waals surface area contributed by atoms with Crippen LogP contribution in [0, 0.1) is 5.92 Å². The first kappa shape index (κ1) is 12.9. The second-order valence-corrected chi connectivity index (χ2v) is 4.12. The van der Waals surface area contributed by atoms with Gasteiger partial charge in [0.2, 0.25) is 5.91 Å². The molecular formula is C10H18N2O4. The number of nitrogens with two attached hydrogens (primary N) is 1. The van der Waals surface area contributed by atoms with Crippen molar-refractivity contribution in [3.05, 3.63) is 0 Å². The zero-order chi connectivity index (χ0) is 12.1. The molecule has 0 radical (unpaired) electrons. The highest BCUT2D eigenvalue weighted by Gasteiger charge is 2.30. The van der Waals surface area contributed by atoms with Crippen molar-refractivity contribution < 1.29 is 19.4 Å². The van der Waals surface area contributed by atoms with E-state index in [1.165, 1.54) is 12.0 Å². The molecule has 3 N–H and O–H groups in total. The highest BCUT2D eigenvalue weighted by molar-refractivity contribution is 5.85. The van der Waals surface area contributed by atoms with Gasteiger partial charge < -0.3 is 20.5 Å². The van der Waals surface area contributed by atoms with Gasteiger partial charge in [0, 0.05) is 13.7 Å². The molecule has 0 aromatic heterocycles. The molecule has 0 heterocycles. The van der Waals surface area contributed by atoms with Crippen molar-refractivity contribution in [2.24, 2.45) is 11.7 Å². The number of hydrogen-bond donors (Lipinski definition) is 2. The van der Waals surface area contributed by atoms with E-state index in [-0.39, 0.29) is 19.1 Å². The number of hydrogen-bond acceptors (Lipinski definition) is 4. The number of carboxylic acids is 1. The molecule has 1 rings (SSSR count). The van der Waals surface area contributed by atoms with E-state index in [9.17, 15) is 9.59 Å². The van der Waals surface area contributed by atoms with Crippen LogP contribution in [0.25, 0.3) is 0 Å². The molecule has 1 amide bonds. The zero-order valence-corrected chi connectivity index (χ0v) is 9.39. The standard InChI is InChI=1S/C10H18N2O4/c1-16-6-8(11)10(15)12(5-9(13)14)4-7-2-3-7/h7-8H,2-6,11H2,1H3,(H,13,14). The molecule has 1 aliphatic carbocycles. The minimum Gasteiger partial charge on any atom is -0.480 e. The molecule has 1 unspecified atom stereocenters. The van der Waals surface area contributed by atoms with Crippen LogP contribution in [0.15, 0.2) is 0 Å². The number of aliphatic carboxylic acids is 1. The van der Waals surface area contributed by atoms with Crippen LogP contribution in [0.4, 0.5) is 0 Å². The molecule has 1 atom stereocenters. The minimum absolute atomic E-state index is 0.111. The summed E-state index contributed by atoms with van der Waals surface area (Å²) in [5.41, 5.74) is 5.59. The van der Waals surface area contributed by atoms with Crippen molar-refractivity contribution in [3.63, 3.8) is 0 Å². The van der Waals surface area contributed by atoms with Gasteiger partial charge in [-0.15, -0.1) is 0 Å². The molecule has 0 saturated heterocycles. The van der Waals surface area contributed by atoms with Crippen molar-refractivity contribution in [2.75, 3.05) is 26.8 Å². The summed E-state index contributed by atoms with van der Waals surface area (Å²) in [5.74, 6) is -0.923. The molecule has 6 nitrogen and oxygen atoms in total. The molecule has 92 valence electrons. The van der Waals surface area contributed by atoms with E-state index in [2.05, 4.69) is 0 Å². The van der Waals surface area contributed by atoms with Gasteiger partial charge in [-0.1, -0.05) is 0 Å². The normalized spacial score (nSPS) is 16.9. The first-order chi connectivity index (χ1) is 7.54. The third-order valence-corrected chi connectivity index (χ3v) is 2.48. The summed E-state index contributed by atoms with van der Waals surface area (Å²) in [6.07, 6.45) is 2.12. The monoisotopic (exact) mass is 230 g/mol.